The van der Waals surface area contributed by atoms with E-state index in [-0.39, 0.29) is 0 Å². The molecule has 2 aliphatic heterocycles. The topological polar surface area (TPSA) is 37.4 Å². The molecule has 2 aliphatic rings. The minimum Gasteiger partial charge on any atom is -0.496 e. The van der Waals surface area contributed by atoms with E-state index in [1.54, 1.807) is 6.26 Å². The Balaban J connectivity index is 1.94. The van der Waals surface area contributed by atoms with Crippen LogP contribution in [0.2, 0.25) is 5.02 Å². The molecule has 2 aromatic rings. The molecule has 4 nitrogen and oxygen atoms in total. The second-order valence-corrected chi connectivity index (χ2v) is 5.78. The number of rotatable bonds is 1. The lowest BCUT2D eigenvalue weighted by atomic mass is 10.0. The van der Waals surface area contributed by atoms with Gasteiger partial charge in [0.1, 0.15) is 12.4 Å². The van der Waals surface area contributed by atoms with Crippen LogP contribution in [0.25, 0.3) is 17.0 Å². The second-order valence-electron chi connectivity index (χ2n) is 5.34. The Bertz CT molecular complexity index is 723. The molecule has 5 heteroatoms. The molecule has 0 atom stereocenters. The summed E-state index contributed by atoms with van der Waals surface area (Å²) < 4.78 is 5.51. The predicted molar refractivity (Wildman–Crippen MR) is 85.7 cm³/mol. The minimum absolute atomic E-state index is 0.570. The van der Waals surface area contributed by atoms with Gasteiger partial charge >= 0.3 is 0 Å². The van der Waals surface area contributed by atoms with Crippen molar-refractivity contribution in [3.05, 3.63) is 40.6 Å². The van der Waals surface area contributed by atoms with E-state index in [4.69, 9.17) is 21.3 Å². The van der Waals surface area contributed by atoms with E-state index in [2.05, 4.69) is 10.2 Å². The summed E-state index contributed by atoms with van der Waals surface area (Å²) in [6, 6.07) is 5.88. The summed E-state index contributed by atoms with van der Waals surface area (Å²) >= 11 is 6.15. The fourth-order valence-electron chi connectivity index (χ4n) is 3.00. The van der Waals surface area contributed by atoms with Crippen LogP contribution in [-0.2, 0) is 11.3 Å². The molecule has 0 spiro atoms. The smallest absolute Gasteiger partial charge is 0.136 e. The number of anilines is 1. The molecule has 0 unspecified atom stereocenters. The number of halogens is 1. The normalized spacial score (nSPS) is 17.7. The molecule has 0 radical (unpaired) electrons. The van der Waals surface area contributed by atoms with Gasteiger partial charge < -0.3 is 15.0 Å². The third kappa shape index (κ3) is 2.24. The summed E-state index contributed by atoms with van der Waals surface area (Å²) in [4.78, 5) is 7.22. The lowest BCUT2D eigenvalue weighted by molar-refractivity contribution is 0.234. The lowest BCUT2D eigenvalue weighted by Gasteiger charge is -2.31. The number of benzene rings is 1. The zero-order chi connectivity index (χ0) is 14.2. The monoisotopic (exact) mass is 301 g/mol. The average Bonchev–Trinajstić information content (AvgIpc) is 2.55. The van der Waals surface area contributed by atoms with E-state index in [1.165, 1.54) is 5.56 Å². The van der Waals surface area contributed by atoms with Crippen molar-refractivity contribution in [2.45, 2.75) is 6.61 Å². The molecule has 0 bridgehead atoms. The van der Waals surface area contributed by atoms with E-state index in [0.717, 1.165) is 53.5 Å². The van der Waals surface area contributed by atoms with Crippen molar-refractivity contribution < 1.29 is 4.74 Å². The third-order valence-corrected chi connectivity index (χ3v) is 4.28. The molecule has 3 heterocycles. The molecular weight excluding hydrogens is 286 g/mol. The van der Waals surface area contributed by atoms with Crippen molar-refractivity contribution >= 4 is 34.4 Å². The fraction of sp³-hybridized carbons (Fsp3) is 0.312. The third-order valence-electron chi connectivity index (χ3n) is 4.05. The van der Waals surface area contributed by atoms with Gasteiger partial charge in [0.25, 0.3) is 0 Å². The Kier molecular flexibility index (Phi) is 3.20. The number of nitrogens with zero attached hydrogens (tertiary/aromatic N) is 2. The molecule has 4 rings (SSSR count). The van der Waals surface area contributed by atoms with Gasteiger partial charge in [-0.15, -0.1) is 0 Å². The first-order chi connectivity index (χ1) is 10.3. The molecule has 1 fully saturated rings. The van der Waals surface area contributed by atoms with E-state index < -0.39 is 0 Å². The van der Waals surface area contributed by atoms with Gasteiger partial charge in [-0.2, -0.15) is 0 Å². The molecule has 1 aromatic carbocycles. The van der Waals surface area contributed by atoms with Gasteiger partial charge in [-0.05, 0) is 29.8 Å². The van der Waals surface area contributed by atoms with Crippen LogP contribution < -0.4 is 10.2 Å². The van der Waals surface area contributed by atoms with Crippen molar-refractivity contribution in [3.63, 3.8) is 0 Å². The lowest BCUT2D eigenvalue weighted by Crippen LogP contribution is -2.44. The number of ether oxygens (including phenoxy) is 1. The van der Waals surface area contributed by atoms with Crippen LogP contribution in [0, 0.1) is 0 Å². The number of aromatic nitrogens is 1. The van der Waals surface area contributed by atoms with Gasteiger partial charge in [-0.3, -0.25) is 0 Å². The second kappa shape index (κ2) is 5.20. The van der Waals surface area contributed by atoms with Gasteiger partial charge in [-0.1, -0.05) is 11.6 Å². The first-order valence-corrected chi connectivity index (χ1v) is 7.57. The zero-order valence-corrected chi connectivity index (χ0v) is 12.4. The molecule has 21 heavy (non-hydrogen) atoms. The molecule has 1 N–H and O–H groups in total. The maximum absolute atomic E-state index is 6.15. The van der Waals surface area contributed by atoms with Crippen molar-refractivity contribution in [1.82, 2.24) is 10.3 Å². The number of fused-ring (bicyclic) bond motifs is 3. The summed E-state index contributed by atoms with van der Waals surface area (Å²) in [5.41, 5.74) is 3.33. The van der Waals surface area contributed by atoms with Crippen LogP contribution in [0.1, 0.15) is 11.1 Å². The van der Waals surface area contributed by atoms with Gasteiger partial charge in [0.2, 0.25) is 0 Å². The van der Waals surface area contributed by atoms with Gasteiger partial charge in [-0.25, -0.2) is 4.98 Å². The van der Waals surface area contributed by atoms with E-state index in [9.17, 15) is 0 Å². The Morgan fingerprint density at radius 3 is 2.95 bits per heavy atom. The highest BCUT2D eigenvalue weighted by molar-refractivity contribution is 6.31. The van der Waals surface area contributed by atoms with E-state index in [0.29, 0.717) is 6.61 Å². The van der Waals surface area contributed by atoms with Crippen LogP contribution in [0.15, 0.2) is 24.5 Å². The van der Waals surface area contributed by atoms with Crippen LogP contribution in [0.4, 0.5) is 5.82 Å². The number of nitrogens with one attached hydrogen (secondary N) is 1. The SMILES string of the molecule is Clc1ccc2nc(N3CCNCC3)c3c(c2c1)C=COC3. The average molecular weight is 302 g/mol. The first-order valence-electron chi connectivity index (χ1n) is 7.19. The number of piperazine rings is 1. The molecule has 1 saturated heterocycles. The maximum Gasteiger partial charge on any atom is 0.136 e. The van der Waals surface area contributed by atoms with Crippen molar-refractivity contribution in [2.24, 2.45) is 0 Å². The molecule has 108 valence electrons. The highest BCUT2D eigenvalue weighted by Gasteiger charge is 2.21. The number of hydrogen-bond donors (Lipinski definition) is 1. The number of hydrogen-bond acceptors (Lipinski definition) is 4. The molecule has 0 saturated carbocycles. The predicted octanol–water partition coefficient (Wildman–Crippen LogP) is 2.80. The maximum atomic E-state index is 6.15. The molecule has 0 aliphatic carbocycles. The summed E-state index contributed by atoms with van der Waals surface area (Å²) in [6.07, 6.45) is 3.77. The van der Waals surface area contributed by atoms with Crippen molar-refractivity contribution in [1.29, 1.82) is 0 Å². The Hall–Kier alpha value is -1.78. The quantitative estimate of drug-likeness (QED) is 0.879. The van der Waals surface area contributed by atoms with E-state index >= 15 is 0 Å². The summed E-state index contributed by atoms with van der Waals surface area (Å²) in [6.45, 7) is 4.50. The highest BCUT2D eigenvalue weighted by Crippen LogP contribution is 2.34. The Labute approximate surface area is 128 Å². The van der Waals surface area contributed by atoms with Gasteiger partial charge in [0.15, 0.2) is 0 Å². The minimum atomic E-state index is 0.570. The summed E-state index contributed by atoms with van der Waals surface area (Å²) in [5.74, 6) is 1.05. The Morgan fingerprint density at radius 1 is 1.24 bits per heavy atom. The fourth-order valence-corrected chi connectivity index (χ4v) is 3.18. The van der Waals surface area contributed by atoms with Crippen LogP contribution >= 0.6 is 11.6 Å². The van der Waals surface area contributed by atoms with Gasteiger partial charge in [0, 0.05) is 42.2 Å². The highest BCUT2D eigenvalue weighted by atomic mass is 35.5. The number of pyridine rings is 1. The molecule has 1 aromatic heterocycles. The summed E-state index contributed by atoms with van der Waals surface area (Å²) in [7, 11) is 0. The summed E-state index contributed by atoms with van der Waals surface area (Å²) in [5, 5.41) is 5.21. The molecular formula is C16H16ClN3O. The van der Waals surface area contributed by atoms with Crippen molar-refractivity contribution in [3.8, 4) is 0 Å². The van der Waals surface area contributed by atoms with Gasteiger partial charge in [0.05, 0.1) is 11.8 Å². The zero-order valence-electron chi connectivity index (χ0n) is 11.6. The van der Waals surface area contributed by atoms with Crippen LogP contribution in [0.5, 0.6) is 0 Å². The van der Waals surface area contributed by atoms with E-state index in [1.807, 2.05) is 24.3 Å². The van der Waals surface area contributed by atoms with Crippen molar-refractivity contribution in [2.75, 3.05) is 31.1 Å². The molecule has 0 amide bonds. The van der Waals surface area contributed by atoms with Crippen LogP contribution in [-0.4, -0.2) is 31.2 Å². The Morgan fingerprint density at radius 2 is 2.10 bits per heavy atom. The van der Waals surface area contributed by atoms with Crippen LogP contribution in [0.3, 0.4) is 0 Å². The largest absolute Gasteiger partial charge is 0.496 e. The standard InChI is InChI=1S/C16H16ClN3O/c17-11-1-2-15-13(9-11)12-3-8-21-10-14(12)16(19-15)20-6-4-18-5-7-20/h1-3,8-9,18H,4-7,10H2. The first kappa shape index (κ1) is 12.9.